The van der Waals surface area contributed by atoms with Crippen molar-refractivity contribution in [3.63, 3.8) is 0 Å². The lowest BCUT2D eigenvalue weighted by Gasteiger charge is -2.07. The summed E-state index contributed by atoms with van der Waals surface area (Å²) < 4.78 is 10.4. The molecule has 0 aliphatic rings. The van der Waals surface area contributed by atoms with E-state index in [-0.39, 0.29) is 6.61 Å². The molecule has 0 fully saturated rings. The van der Waals surface area contributed by atoms with Gasteiger partial charge in [0.05, 0.1) is 29.7 Å². The van der Waals surface area contributed by atoms with Gasteiger partial charge in [-0.05, 0) is 19.4 Å². The maximum Gasteiger partial charge on any atom is 0.340 e. The Kier molecular flexibility index (Phi) is 6.14. The van der Waals surface area contributed by atoms with Crippen LogP contribution in [0.5, 0.6) is 0 Å². The minimum Gasteiger partial charge on any atom is -0.460 e. The van der Waals surface area contributed by atoms with Gasteiger partial charge in [-0.3, -0.25) is 4.98 Å². The van der Waals surface area contributed by atoms with E-state index in [0.29, 0.717) is 30.2 Å². The first-order valence-electron chi connectivity index (χ1n) is 6.12. The fourth-order valence-electron chi connectivity index (χ4n) is 1.38. The zero-order valence-corrected chi connectivity index (χ0v) is 10.9. The lowest BCUT2D eigenvalue weighted by molar-refractivity contribution is 0.0312. The number of nitrogens with zero attached hydrogens (tertiary/aromatic N) is 1. The third-order valence-electron chi connectivity index (χ3n) is 2.43. The largest absolute Gasteiger partial charge is 0.460 e. The molecule has 100 valence electrons. The van der Waals surface area contributed by atoms with Crippen molar-refractivity contribution in [2.24, 2.45) is 0 Å². The Balaban J connectivity index is 2.34. The molecule has 1 aromatic rings. The minimum absolute atomic E-state index is 0.247. The van der Waals surface area contributed by atoms with E-state index in [1.165, 1.54) is 6.20 Å². The summed E-state index contributed by atoms with van der Waals surface area (Å²) >= 11 is 0. The van der Waals surface area contributed by atoms with Crippen LogP contribution >= 0.6 is 0 Å². The molecule has 5 nitrogen and oxygen atoms in total. The normalized spacial score (nSPS) is 10.3. The van der Waals surface area contributed by atoms with Crippen molar-refractivity contribution in [3.05, 3.63) is 23.5 Å². The highest BCUT2D eigenvalue weighted by Crippen LogP contribution is 2.10. The molecule has 0 atom stereocenters. The molecule has 5 heteroatoms. The van der Waals surface area contributed by atoms with E-state index in [9.17, 15) is 4.79 Å². The van der Waals surface area contributed by atoms with Crippen molar-refractivity contribution in [3.8, 4) is 0 Å². The number of nitrogen functional groups attached to an aromatic ring is 1. The number of anilines is 1. The molecule has 1 aromatic heterocycles. The molecule has 0 saturated heterocycles. The van der Waals surface area contributed by atoms with Crippen LogP contribution in [0, 0.1) is 6.92 Å². The number of hydrogen-bond donors (Lipinski definition) is 1. The lowest BCUT2D eigenvalue weighted by atomic mass is 10.2. The maximum atomic E-state index is 11.7. The average molecular weight is 252 g/mol. The molecule has 0 spiro atoms. The Morgan fingerprint density at radius 1 is 1.39 bits per heavy atom. The predicted molar refractivity (Wildman–Crippen MR) is 69.4 cm³/mol. The molecule has 0 radical (unpaired) electrons. The van der Waals surface area contributed by atoms with Crippen LogP contribution in [0.1, 0.15) is 35.8 Å². The maximum absolute atomic E-state index is 11.7. The molecule has 0 unspecified atom stereocenters. The summed E-state index contributed by atoms with van der Waals surface area (Å²) in [6.45, 7) is 5.21. The van der Waals surface area contributed by atoms with Crippen molar-refractivity contribution in [1.82, 2.24) is 4.98 Å². The van der Waals surface area contributed by atoms with Crippen LogP contribution in [0.15, 0.2) is 12.3 Å². The van der Waals surface area contributed by atoms with E-state index in [1.807, 2.05) is 0 Å². The number of carbonyl (C=O) groups is 1. The van der Waals surface area contributed by atoms with Crippen molar-refractivity contribution >= 4 is 11.7 Å². The molecule has 0 saturated carbocycles. The van der Waals surface area contributed by atoms with Gasteiger partial charge in [-0.15, -0.1) is 0 Å². The fraction of sp³-hybridized carbons (Fsp3) is 0.538. The van der Waals surface area contributed by atoms with Gasteiger partial charge in [0.2, 0.25) is 0 Å². The number of unbranched alkanes of at least 4 members (excludes halogenated alkanes) is 1. The van der Waals surface area contributed by atoms with E-state index in [4.69, 9.17) is 15.2 Å². The second kappa shape index (κ2) is 7.66. The Hall–Kier alpha value is -1.62. The van der Waals surface area contributed by atoms with E-state index in [1.54, 1.807) is 13.0 Å². The first kappa shape index (κ1) is 14.4. The Bertz CT molecular complexity index is 394. The molecule has 0 aliphatic carbocycles. The number of pyridine rings is 1. The lowest BCUT2D eigenvalue weighted by Crippen LogP contribution is -2.13. The van der Waals surface area contributed by atoms with Crippen LogP contribution < -0.4 is 5.73 Å². The summed E-state index contributed by atoms with van der Waals surface area (Å²) in [6.07, 6.45) is 3.63. The second-order valence-corrected chi connectivity index (χ2v) is 4.00. The van der Waals surface area contributed by atoms with Gasteiger partial charge in [-0.1, -0.05) is 13.3 Å². The monoisotopic (exact) mass is 252 g/mol. The number of aromatic nitrogens is 1. The number of rotatable bonds is 7. The van der Waals surface area contributed by atoms with Gasteiger partial charge < -0.3 is 15.2 Å². The predicted octanol–water partition coefficient (Wildman–Crippen LogP) is 1.95. The summed E-state index contributed by atoms with van der Waals surface area (Å²) in [5.41, 5.74) is 7.05. The van der Waals surface area contributed by atoms with Crippen molar-refractivity contribution in [2.75, 3.05) is 25.6 Å². The van der Waals surface area contributed by atoms with Crippen LogP contribution in [0.4, 0.5) is 5.69 Å². The van der Waals surface area contributed by atoms with Gasteiger partial charge in [0.25, 0.3) is 0 Å². The summed E-state index contributed by atoms with van der Waals surface area (Å²) in [5, 5.41) is 0. The summed E-state index contributed by atoms with van der Waals surface area (Å²) in [5.74, 6) is -0.411. The smallest absolute Gasteiger partial charge is 0.340 e. The highest BCUT2D eigenvalue weighted by molar-refractivity contribution is 5.91. The van der Waals surface area contributed by atoms with E-state index >= 15 is 0 Å². The highest BCUT2D eigenvalue weighted by atomic mass is 16.6. The minimum atomic E-state index is -0.411. The van der Waals surface area contributed by atoms with Crippen LogP contribution in [0.3, 0.4) is 0 Å². The molecule has 0 amide bonds. The van der Waals surface area contributed by atoms with Gasteiger partial charge in [-0.2, -0.15) is 0 Å². The third kappa shape index (κ3) is 4.71. The molecule has 1 heterocycles. The van der Waals surface area contributed by atoms with E-state index in [0.717, 1.165) is 12.8 Å². The standard InChI is InChI=1S/C13H20N2O3/c1-3-4-5-17-6-7-18-13(16)12-8-11(14)9-15-10(12)2/h8-9H,3-7,14H2,1-2H3. The molecule has 2 N–H and O–H groups in total. The number of hydrogen-bond acceptors (Lipinski definition) is 5. The van der Waals surface area contributed by atoms with Gasteiger partial charge in [-0.25, -0.2) is 4.79 Å². The number of esters is 1. The Morgan fingerprint density at radius 2 is 2.17 bits per heavy atom. The molecule has 0 aliphatic heterocycles. The SMILES string of the molecule is CCCCOCCOC(=O)c1cc(N)cnc1C. The van der Waals surface area contributed by atoms with E-state index < -0.39 is 5.97 Å². The molecule has 18 heavy (non-hydrogen) atoms. The van der Waals surface area contributed by atoms with Gasteiger partial charge in [0.15, 0.2) is 0 Å². The summed E-state index contributed by atoms with van der Waals surface area (Å²) in [6, 6.07) is 1.57. The van der Waals surface area contributed by atoms with Gasteiger partial charge >= 0.3 is 5.97 Å². The van der Waals surface area contributed by atoms with Crippen LogP contribution in [-0.4, -0.2) is 30.8 Å². The number of ether oxygens (including phenoxy) is 2. The molecule has 0 aromatic carbocycles. The molecule has 1 rings (SSSR count). The van der Waals surface area contributed by atoms with Crippen LogP contribution in [-0.2, 0) is 9.47 Å². The molecular weight excluding hydrogens is 232 g/mol. The van der Waals surface area contributed by atoms with Crippen molar-refractivity contribution < 1.29 is 14.3 Å². The highest BCUT2D eigenvalue weighted by Gasteiger charge is 2.11. The fourth-order valence-corrected chi connectivity index (χ4v) is 1.38. The van der Waals surface area contributed by atoms with Crippen LogP contribution in [0.25, 0.3) is 0 Å². The Labute approximate surface area is 107 Å². The van der Waals surface area contributed by atoms with Crippen molar-refractivity contribution in [1.29, 1.82) is 0 Å². The first-order chi connectivity index (χ1) is 8.65. The quantitative estimate of drug-likeness (QED) is 0.593. The summed E-state index contributed by atoms with van der Waals surface area (Å²) in [7, 11) is 0. The Morgan fingerprint density at radius 3 is 2.89 bits per heavy atom. The average Bonchev–Trinajstić information content (AvgIpc) is 2.36. The topological polar surface area (TPSA) is 74.4 Å². The van der Waals surface area contributed by atoms with Gasteiger partial charge in [0, 0.05) is 6.61 Å². The first-order valence-corrected chi connectivity index (χ1v) is 6.12. The second-order valence-electron chi connectivity index (χ2n) is 4.00. The van der Waals surface area contributed by atoms with E-state index in [2.05, 4.69) is 11.9 Å². The van der Waals surface area contributed by atoms with Crippen LogP contribution in [0.2, 0.25) is 0 Å². The molecular formula is C13H20N2O3. The zero-order chi connectivity index (χ0) is 13.4. The third-order valence-corrected chi connectivity index (χ3v) is 2.43. The molecule has 0 bridgehead atoms. The number of aryl methyl sites for hydroxylation is 1. The van der Waals surface area contributed by atoms with Crippen molar-refractivity contribution in [2.45, 2.75) is 26.7 Å². The van der Waals surface area contributed by atoms with Gasteiger partial charge in [0.1, 0.15) is 6.61 Å². The summed E-state index contributed by atoms with van der Waals surface area (Å²) in [4.78, 5) is 15.7. The number of nitrogens with two attached hydrogens (primary N) is 1. The number of carbonyl (C=O) groups excluding carboxylic acids is 1. The zero-order valence-electron chi connectivity index (χ0n) is 10.9.